The van der Waals surface area contributed by atoms with E-state index < -0.39 is 0 Å². The number of aromatic nitrogens is 4. The molecule has 9 rings (SSSR count). The highest BCUT2D eigenvalue weighted by atomic mass is 32.2. The van der Waals surface area contributed by atoms with Crippen LogP contribution in [0.4, 0.5) is 0 Å². The summed E-state index contributed by atoms with van der Waals surface area (Å²) in [7, 11) is 0. The van der Waals surface area contributed by atoms with Gasteiger partial charge in [-0.15, -0.1) is 23.5 Å². The van der Waals surface area contributed by atoms with Crippen LogP contribution in [-0.2, 0) is 0 Å². The van der Waals surface area contributed by atoms with Crippen LogP contribution in [0.25, 0.3) is 90.9 Å². The van der Waals surface area contributed by atoms with Gasteiger partial charge < -0.3 is 9.97 Å². The fourth-order valence-electron chi connectivity index (χ4n) is 7.15. The Kier molecular flexibility index (Phi) is 8.47. The third-order valence-electron chi connectivity index (χ3n) is 9.64. The first-order chi connectivity index (χ1) is 25.7. The molecule has 3 aromatic heterocycles. The maximum atomic E-state index is 5.40. The molecule has 0 fully saturated rings. The van der Waals surface area contributed by atoms with Gasteiger partial charge in [0.15, 0.2) is 0 Å². The Bertz CT molecular complexity index is 2480. The van der Waals surface area contributed by atoms with Crippen molar-refractivity contribution in [2.24, 2.45) is 0 Å². The molecule has 0 unspecified atom stereocenters. The zero-order valence-electron chi connectivity index (χ0n) is 28.7. The van der Waals surface area contributed by atoms with Gasteiger partial charge in [-0.1, -0.05) is 84.9 Å². The number of thioether (sulfide) groups is 2. The van der Waals surface area contributed by atoms with E-state index in [0.29, 0.717) is 0 Å². The summed E-state index contributed by atoms with van der Waals surface area (Å²) in [5, 5.41) is 0. The van der Waals surface area contributed by atoms with Gasteiger partial charge in [-0.05, 0) is 108 Å². The van der Waals surface area contributed by atoms with Gasteiger partial charge >= 0.3 is 0 Å². The van der Waals surface area contributed by atoms with Crippen molar-refractivity contribution < 1.29 is 0 Å². The molecule has 0 aliphatic carbocycles. The van der Waals surface area contributed by atoms with Crippen LogP contribution in [0.2, 0.25) is 0 Å². The Labute approximate surface area is 311 Å². The Balaban J connectivity index is 1.45. The molecule has 0 radical (unpaired) electrons. The lowest BCUT2D eigenvalue weighted by atomic mass is 10.0. The lowest BCUT2D eigenvalue weighted by Gasteiger charge is -2.07. The van der Waals surface area contributed by atoms with Crippen LogP contribution in [0, 0.1) is 0 Å². The molecule has 0 saturated carbocycles. The zero-order valence-corrected chi connectivity index (χ0v) is 30.4. The van der Waals surface area contributed by atoms with Crippen LogP contribution in [0.5, 0.6) is 0 Å². The highest BCUT2D eigenvalue weighted by molar-refractivity contribution is 7.98. The van der Waals surface area contributed by atoms with E-state index in [4.69, 9.17) is 9.97 Å². The molecule has 8 bridgehead atoms. The summed E-state index contributed by atoms with van der Waals surface area (Å²) < 4.78 is 0. The summed E-state index contributed by atoms with van der Waals surface area (Å²) in [5.74, 6) is 0. The first kappa shape index (κ1) is 32.1. The Morgan fingerprint density at radius 3 is 0.923 bits per heavy atom. The van der Waals surface area contributed by atoms with Gasteiger partial charge in [0.05, 0.1) is 22.8 Å². The number of benzene rings is 4. The summed E-state index contributed by atoms with van der Waals surface area (Å²) in [6, 6.07) is 47.3. The van der Waals surface area contributed by atoms with Gasteiger partial charge in [-0.2, -0.15) is 0 Å². The van der Waals surface area contributed by atoms with Gasteiger partial charge in [-0.3, -0.25) is 0 Å². The van der Waals surface area contributed by atoms with Crippen molar-refractivity contribution in [3.8, 4) is 44.5 Å². The molecule has 0 amide bonds. The van der Waals surface area contributed by atoms with Crippen molar-refractivity contribution in [1.29, 1.82) is 0 Å². The van der Waals surface area contributed by atoms with E-state index in [1.165, 1.54) is 9.79 Å². The monoisotopic (exact) mass is 706 g/mol. The number of H-pyrrole nitrogens is 2. The summed E-state index contributed by atoms with van der Waals surface area (Å²) >= 11 is 3.48. The van der Waals surface area contributed by atoms with Crippen molar-refractivity contribution in [1.82, 2.24) is 19.9 Å². The van der Waals surface area contributed by atoms with Crippen molar-refractivity contribution in [2.75, 3.05) is 12.5 Å². The Morgan fingerprint density at radius 1 is 0.346 bits per heavy atom. The van der Waals surface area contributed by atoms with E-state index in [0.717, 1.165) is 89.4 Å². The van der Waals surface area contributed by atoms with Crippen LogP contribution in [0.15, 0.2) is 143 Å². The molecule has 5 heterocycles. The standard InChI is InChI=1S/C46H34N4S2/c1-51-33-17-13-31(14-18-33)45-39-25-21-35(47-39)43(29-9-5-3-6-10-29)37-23-27-41(49-37)46(32-15-19-34(52-2)20-16-32)42-28-24-38(50-42)44(30-11-7-4-8-12-30)36-22-26-40(45)48-36/h3-28,47,50H,1-2H3. The number of nitrogens with zero attached hydrogens (tertiary/aromatic N) is 2. The summed E-state index contributed by atoms with van der Waals surface area (Å²) in [4.78, 5) is 20.9. The fraction of sp³-hybridized carbons (Fsp3) is 0.0435. The smallest absolute Gasteiger partial charge is 0.0737 e. The highest BCUT2D eigenvalue weighted by Crippen LogP contribution is 2.38. The van der Waals surface area contributed by atoms with Crippen LogP contribution in [-0.4, -0.2) is 32.4 Å². The van der Waals surface area contributed by atoms with Gasteiger partial charge in [-0.25, -0.2) is 9.97 Å². The largest absolute Gasteiger partial charge is 0.354 e. The maximum Gasteiger partial charge on any atom is 0.0737 e. The van der Waals surface area contributed by atoms with Gasteiger partial charge in [0.1, 0.15) is 0 Å². The van der Waals surface area contributed by atoms with E-state index >= 15 is 0 Å². The van der Waals surface area contributed by atoms with E-state index in [9.17, 15) is 0 Å². The molecule has 7 aromatic rings. The maximum absolute atomic E-state index is 5.40. The molecular weight excluding hydrogens is 673 g/mol. The predicted octanol–water partition coefficient (Wildman–Crippen LogP) is 12.8. The molecule has 250 valence electrons. The van der Waals surface area contributed by atoms with Crippen LogP contribution in [0.3, 0.4) is 0 Å². The molecule has 6 heteroatoms. The SMILES string of the molecule is CSc1ccc(-c2c3nc(c(-c4ccccc4)c4ccc([nH]4)c(-c4ccc(SC)cc4)c4nc(c(-c5ccccc5)c5ccc2[nH]5)C=C4)C=C3)cc1. The molecule has 2 aliphatic rings. The minimum atomic E-state index is 0.905. The molecule has 4 nitrogen and oxygen atoms in total. The molecule has 52 heavy (non-hydrogen) atoms. The normalized spacial score (nSPS) is 12.0. The van der Waals surface area contributed by atoms with E-state index in [-0.39, 0.29) is 0 Å². The van der Waals surface area contributed by atoms with Crippen molar-refractivity contribution in [3.05, 3.63) is 156 Å². The average Bonchev–Trinajstić information content (AvgIpc) is 4.04. The van der Waals surface area contributed by atoms with Crippen LogP contribution in [0.1, 0.15) is 22.8 Å². The predicted molar refractivity (Wildman–Crippen MR) is 224 cm³/mol. The quantitative estimate of drug-likeness (QED) is 0.169. The Hall–Kier alpha value is -5.82. The first-order valence-corrected chi connectivity index (χ1v) is 19.7. The van der Waals surface area contributed by atoms with Crippen molar-refractivity contribution in [2.45, 2.75) is 9.79 Å². The number of hydrogen-bond donors (Lipinski definition) is 2. The second-order valence-corrected chi connectivity index (χ2v) is 14.5. The van der Waals surface area contributed by atoms with Gasteiger partial charge in [0, 0.05) is 54.1 Å². The van der Waals surface area contributed by atoms with Crippen LogP contribution >= 0.6 is 23.5 Å². The van der Waals surface area contributed by atoms with Crippen molar-refractivity contribution in [3.63, 3.8) is 0 Å². The topological polar surface area (TPSA) is 57.4 Å². The Morgan fingerprint density at radius 2 is 0.635 bits per heavy atom. The number of hydrogen-bond acceptors (Lipinski definition) is 4. The van der Waals surface area contributed by atoms with Crippen molar-refractivity contribution >= 4 is 69.9 Å². The number of rotatable bonds is 6. The lowest BCUT2D eigenvalue weighted by molar-refractivity contribution is 1.31. The van der Waals surface area contributed by atoms with E-state index in [1.807, 2.05) is 0 Å². The minimum absolute atomic E-state index is 0.905. The van der Waals surface area contributed by atoms with E-state index in [2.05, 4.69) is 180 Å². The molecule has 4 aromatic carbocycles. The summed E-state index contributed by atoms with van der Waals surface area (Å²) in [6.07, 6.45) is 12.8. The average molecular weight is 707 g/mol. The third kappa shape index (κ3) is 5.90. The molecule has 0 saturated heterocycles. The number of nitrogens with one attached hydrogen (secondary N) is 2. The zero-order chi connectivity index (χ0) is 35.0. The second-order valence-electron chi connectivity index (χ2n) is 12.7. The lowest BCUT2D eigenvalue weighted by Crippen LogP contribution is -1.89. The van der Waals surface area contributed by atoms with Gasteiger partial charge in [0.25, 0.3) is 0 Å². The van der Waals surface area contributed by atoms with Crippen LogP contribution < -0.4 is 0 Å². The fourth-order valence-corrected chi connectivity index (χ4v) is 7.96. The molecule has 0 atom stereocenters. The second kappa shape index (κ2) is 13.7. The third-order valence-corrected chi connectivity index (χ3v) is 11.1. The summed E-state index contributed by atoms with van der Waals surface area (Å²) in [6.45, 7) is 0. The molecule has 2 N–H and O–H groups in total. The minimum Gasteiger partial charge on any atom is -0.354 e. The number of aromatic amines is 2. The number of fused-ring (bicyclic) bond motifs is 8. The molecule has 0 spiro atoms. The van der Waals surface area contributed by atoms with Gasteiger partial charge in [0.2, 0.25) is 0 Å². The highest BCUT2D eigenvalue weighted by Gasteiger charge is 2.19. The molecule has 2 aliphatic heterocycles. The van der Waals surface area contributed by atoms with E-state index in [1.54, 1.807) is 23.5 Å². The first-order valence-electron chi connectivity index (χ1n) is 17.2. The molecular formula is C46H34N4S2. The summed E-state index contributed by atoms with van der Waals surface area (Å²) in [5.41, 5.74) is 16.2.